The van der Waals surface area contributed by atoms with Gasteiger partial charge < -0.3 is 17.7 Å². The molecule has 0 aliphatic carbocycles. The van der Waals surface area contributed by atoms with Gasteiger partial charge in [0.25, 0.3) is 0 Å². The van der Waals surface area contributed by atoms with Crippen molar-refractivity contribution in [2.45, 2.75) is 0 Å². The minimum atomic E-state index is -0.0421. The van der Waals surface area contributed by atoms with Crippen LogP contribution in [0.1, 0.15) is 0 Å². The third-order valence-corrected chi connectivity index (χ3v) is 199. The molecule has 0 aliphatic rings. The number of furan rings is 4. The maximum Gasteiger partial charge on any atom is 0.164 e. The normalized spacial score (nSPS) is 13.3. The Hall–Kier alpha value is 3.23. The fraction of sp³-hybridized carbons (Fsp3) is 0. The van der Waals surface area contributed by atoms with E-state index in [1.165, 1.54) is 0 Å². The Morgan fingerprint density at radius 1 is 0.239 bits per heavy atom. The van der Waals surface area contributed by atoms with Crippen molar-refractivity contribution in [2.24, 2.45) is 0 Å². The number of para-hydroxylation sites is 4. The first-order chi connectivity index (χ1) is 44.4. The Morgan fingerprint density at radius 3 is 1.27 bits per heavy atom. The van der Waals surface area contributed by atoms with Crippen molar-refractivity contribution in [3.63, 3.8) is 0 Å². The summed E-state index contributed by atoms with van der Waals surface area (Å²) in [6.07, 6.45) is 0. The quantitative estimate of drug-likeness (QED) is 0.0839. The molecule has 468 valence electrons. The molecule has 17 unspecified atom stereocenters. The fourth-order valence-electron chi connectivity index (χ4n) is 11.1. The number of nitrogens with zero attached hydrogens (tertiary/aromatic N) is 3. The minimum Gasteiger partial charge on any atom is -0.456 e. The lowest BCUT2D eigenvalue weighted by molar-refractivity contribution is 0.665. The zero-order valence-corrected chi connectivity index (χ0v) is 77.3. The Morgan fingerprint density at radius 2 is 0.652 bits per heavy atom. The van der Waals surface area contributed by atoms with E-state index in [1.54, 1.807) is 0 Å². The second kappa shape index (κ2) is 32.7. The van der Waals surface area contributed by atoms with Crippen molar-refractivity contribution < 1.29 is 17.7 Å². The number of fused-ring (bicyclic) bond motifs is 12. The van der Waals surface area contributed by atoms with E-state index in [0.29, 0.717) is 17.5 Å². The van der Waals surface area contributed by atoms with Crippen LogP contribution in [0.5, 0.6) is 0 Å². The van der Waals surface area contributed by atoms with Crippen molar-refractivity contribution in [2.75, 3.05) is 0 Å². The van der Waals surface area contributed by atoms with E-state index in [2.05, 4.69) is 231 Å². The van der Waals surface area contributed by atoms with Crippen LogP contribution in [0.15, 0.2) is 206 Å². The van der Waals surface area contributed by atoms with Gasteiger partial charge in [0.1, 0.15) is 44.7 Å². The molecule has 0 spiro atoms. The van der Waals surface area contributed by atoms with Crippen LogP contribution in [0.3, 0.4) is 0 Å². The third-order valence-electron chi connectivity index (χ3n) is 14.9. The molecule has 0 N–H and O–H groups in total. The van der Waals surface area contributed by atoms with Gasteiger partial charge in [-0.05, 0) is 150 Å². The molecule has 14 aromatic rings. The van der Waals surface area contributed by atoms with Gasteiger partial charge in [0.15, 0.2) is 17.5 Å². The first kappa shape index (κ1) is 73.5. The largest absolute Gasteiger partial charge is 0.456 e. The molecule has 7 nitrogen and oxygen atoms in total. The van der Waals surface area contributed by atoms with E-state index < -0.39 is 0 Å². The summed E-state index contributed by atoms with van der Waals surface area (Å²) in [5.41, 5.74) is 13.1. The summed E-state index contributed by atoms with van der Waals surface area (Å²) >= 11 is 0. The van der Waals surface area contributed by atoms with Gasteiger partial charge in [-0.1, -0.05) is 140 Å². The predicted octanol–water partition coefficient (Wildman–Crippen LogP) is 31.9. The third kappa shape index (κ3) is 15.4. The van der Waals surface area contributed by atoms with Gasteiger partial charge in [0, 0.05) is 70.9 Å². The molecule has 5 aromatic heterocycles. The summed E-state index contributed by atoms with van der Waals surface area (Å²) in [6.45, 7) is -0.00591. The van der Waals surface area contributed by atoms with Crippen LogP contribution in [0.2, 0.25) is 0 Å². The van der Waals surface area contributed by atoms with E-state index in [9.17, 15) is 0 Å². The molecular weight excluding hydrogens is 1660 g/mol. The van der Waals surface area contributed by atoms with Crippen LogP contribution in [-0.4, -0.2) is 15.0 Å². The summed E-state index contributed by atoms with van der Waals surface area (Å²) in [4.78, 5) is 15.4. The summed E-state index contributed by atoms with van der Waals surface area (Å²) in [5.74, 6) is 1.67. The van der Waals surface area contributed by atoms with Crippen molar-refractivity contribution in [3.05, 3.63) is 188 Å². The number of rotatable bonds is 17. The summed E-state index contributed by atoms with van der Waals surface area (Å²) < 4.78 is 26.1. The molecule has 17 atom stereocenters. The van der Waals surface area contributed by atoms with Gasteiger partial charge in [-0.2, -0.15) is 0 Å². The standard InChI is InChI=1S/C57H31N3O4.H30P28/c1-2-12-32(13-3-1)55-58-56(34-26-28-38-36-14-4-6-22-45(36)62-50(38)31-34)60-57(59-55)43-21-11-24-48-52(43)44-30-33(27-29-47(44)61-48)35-16-10-25-49-51(35)42-20-9-19-41(54(42)64-49)40-18-8-17-39-37-15-5-7-23-46(37)63-53(39)40;1-16(2)23(15)27(24(17(3)4)18(5)6)28(25(19(7)8)20(9)10)26(21(11)12)22(13)14/h1-31H;1-15H2. The first-order valence-electron chi connectivity index (χ1n) is 27.5. The SMILES string of the molecule is PP(P)P(P)P(P(P(P)P)P(P)P)P(P(P(P)P)P(P)P)P(P(P)P)P(P)P.c1ccc(-c2nc(-c3ccc4c(c3)oc3ccccc34)nc(-c3cccc4oc5ccc(-c6cccc7oc8c(-c9cccc%10c9oc9ccccc9%10)cccc8c67)cc5c34)n2)cc1. The molecule has 5 heterocycles. The van der Waals surface area contributed by atoms with Crippen molar-refractivity contribution in [3.8, 4) is 56.4 Å². The molecule has 92 heavy (non-hydrogen) atoms. The molecule has 9 aromatic carbocycles. The van der Waals surface area contributed by atoms with Crippen molar-refractivity contribution in [1.29, 1.82) is 0 Å². The minimum absolute atomic E-state index is 0.00189. The van der Waals surface area contributed by atoms with Gasteiger partial charge in [0.2, 0.25) is 0 Å². The second-order valence-corrected chi connectivity index (χ2v) is 133. The summed E-state index contributed by atoms with van der Waals surface area (Å²) in [5, 5.41) is 8.24. The number of hydrogen-bond donors (Lipinski definition) is 0. The lowest BCUT2D eigenvalue weighted by Crippen LogP contribution is -2.00. The van der Waals surface area contributed by atoms with Crippen LogP contribution < -0.4 is 0 Å². The van der Waals surface area contributed by atoms with Gasteiger partial charge in [-0.3, -0.25) is 0 Å². The maximum atomic E-state index is 6.79. The molecule has 14 rings (SSSR count). The molecule has 0 aliphatic heterocycles. The average molecular weight is 1720 g/mol. The number of aromatic nitrogens is 3. The Balaban J connectivity index is 0.000000236. The van der Waals surface area contributed by atoms with E-state index in [0.717, 1.165) is 127 Å². The summed E-state index contributed by atoms with van der Waals surface area (Å²) in [7, 11) is 49.0. The van der Waals surface area contributed by atoms with Crippen LogP contribution >= 0.6 is 225 Å². The molecular formula is C57H61N3O4P28. The molecule has 0 radical (unpaired) electrons. The van der Waals surface area contributed by atoms with E-state index in [1.807, 2.05) is 91.0 Å². The Labute approximate surface area is 584 Å². The predicted molar refractivity (Wildman–Crippen MR) is 492 cm³/mol. The lowest BCUT2D eigenvalue weighted by atomic mass is 9.95. The Kier molecular flexibility index (Phi) is 26.1. The van der Waals surface area contributed by atoms with Gasteiger partial charge >= 0.3 is 0 Å². The molecule has 0 bridgehead atoms. The van der Waals surface area contributed by atoms with E-state index >= 15 is 0 Å². The zero-order valence-electron chi connectivity index (χ0n) is 48.3. The van der Waals surface area contributed by atoms with Crippen molar-refractivity contribution >= 4 is 313 Å². The lowest BCUT2D eigenvalue weighted by Gasteiger charge is -2.51. The second-order valence-electron chi connectivity index (χ2n) is 20.5. The zero-order chi connectivity index (χ0) is 64.4. The summed E-state index contributed by atoms with van der Waals surface area (Å²) in [6, 6.07) is 63.9. The highest BCUT2D eigenvalue weighted by molar-refractivity contribution is 9.42. The number of hydrogen-bond acceptors (Lipinski definition) is 7. The Bertz CT molecular complexity index is 4990. The number of benzene rings is 9. The molecule has 0 saturated carbocycles. The fourth-order valence-corrected chi connectivity index (χ4v) is 363. The monoisotopic (exact) mass is 1720 g/mol. The van der Waals surface area contributed by atoms with Gasteiger partial charge in [-0.15, -0.1) is 134 Å². The highest BCUT2D eigenvalue weighted by Crippen LogP contribution is 3.37. The average Bonchev–Trinajstić information content (AvgIpc) is 1.57. The molecule has 0 fully saturated rings. The van der Waals surface area contributed by atoms with Crippen LogP contribution in [0, 0.1) is 0 Å². The smallest absolute Gasteiger partial charge is 0.164 e. The topological polar surface area (TPSA) is 91.2 Å². The molecule has 35 heteroatoms. The van der Waals surface area contributed by atoms with Crippen molar-refractivity contribution in [1.82, 2.24) is 15.0 Å². The van der Waals surface area contributed by atoms with E-state index in [4.69, 9.17) is 32.6 Å². The van der Waals surface area contributed by atoms with Crippen LogP contribution in [0.25, 0.3) is 144 Å². The molecule has 0 amide bonds. The molecule has 0 saturated heterocycles. The van der Waals surface area contributed by atoms with E-state index in [-0.39, 0.29) is 90.8 Å². The van der Waals surface area contributed by atoms with Gasteiger partial charge in [-0.25, -0.2) is 15.0 Å². The van der Waals surface area contributed by atoms with Crippen LogP contribution in [-0.2, 0) is 0 Å². The highest BCUT2D eigenvalue weighted by Gasteiger charge is 2.49. The maximum absolute atomic E-state index is 6.79. The first-order valence-corrected chi connectivity index (χ1v) is 77.7. The van der Waals surface area contributed by atoms with Crippen LogP contribution in [0.4, 0.5) is 0 Å². The highest BCUT2D eigenvalue weighted by atomic mass is 33.5. The van der Waals surface area contributed by atoms with Gasteiger partial charge in [0.05, 0.1) is 0 Å².